The second-order valence-electron chi connectivity index (χ2n) is 4.46. The quantitative estimate of drug-likeness (QED) is 0.787. The number of carbonyl (C=O) groups is 1. The summed E-state index contributed by atoms with van der Waals surface area (Å²) in [6, 6.07) is 8.46. The number of benzene rings is 1. The van der Waals surface area contributed by atoms with E-state index in [1.54, 1.807) is 0 Å². The second-order valence-corrected chi connectivity index (χ2v) is 4.46. The maximum absolute atomic E-state index is 11.3. The summed E-state index contributed by atoms with van der Waals surface area (Å²) in [4.78, 5) is 11.3. The van der Waals surface area contributed by atoms with Crippen molar-refractivity contribution in [3.8, 4) is 0 Å². The SMILES string of the molecule is Cc1ccc(C2CCCC2C(N)=O)cc1. The monoisotopic (exact) mass is 203 g/mol. The van der Waals surface area contributed by atoms with E-state index in [1.165, 1.54) is 11.1 Å². The van der Waals surface area contributed by atoms with Crippen LogP contribution in [0.2, 0.25) is 0 Å². The van der Waals surface area contributed by atoms with Crippen molar-refractivity contribution in [1.82, 2.24) is 0 Å². The lowest BCUT2D eigenvalue weighted by Crippen LogP contribution is -2.25. The lowest BCUT2D eigenvalue weighted by molar-refractivity contribution is -0.122. The van der Waals surface area contributed by atoms with Crippen LogP contribution in [0.25, 0.3) is 0 Å². The number of hydrogen-bond donors (Lipinski definition) is 1. The Morgan fingerprint density at radius 1 is 1.27 bits per heavy atom. The smallest absolute Gasteiger partial charge is 0.221 e. The van der Waals surface area contributed by atoms with Crippen molar-refractivity contribution in [2.24, 2.45) is 11.7 Å². The molecule has 0 heterocycles. The molecule has 80 valence electrons. The molecule has 1 aromatic carbocycles. The van der Waals surface area contributed by atoms with Crippen LogP contribution in [0.5, 0.6) is 0 Å². The summed E-state index contributed by atoms with van der Waals surface area (Å²) in [5, 5.41) is 0. The van der Waals surface area contributed by atoms with Crippen molar-refractivity contribution in [3.05, 3.63) is 35.4 Å². The maximum Gasteiger partial charge on any atom is 0.221 e. The number of hydrogen-bond acceptors (Lipinski definition) is 1. The van der Waals surface area contributed by atoms with E-state index < -0.39 is 0 Å². The molecule has 2 atom stereocenters. The molecule has 2 nitrogen and oxygen atoms in total. The number of aryl methyl sites for hydroxylation is 1. The number of primary amides is 1. The van der Waals surface area contributed by atoms with Gasteiger partial charge in [0.2, 0.25) is 5.91 Å². The highest BCUT2D eigenvalue weighted by atomic mass is 16.1. The third kappa shape index (κ3) is 2.04. The fraction of sp³-hybridized carbons (Fsp3) is 0.462. The van der Waals surface area contributed by atoms with E-state index in [1.807, 2.05) is 0 Å². The average Bonchev–Trinajstić information content (AvgIpc) is 2.67. The van der Waals surface area contributed by atoms with Crippen LogP contribution in [-0.4, -0.2) is 5.91 Å². The van der Waals surface area contributed by atoms with Crippen LogP contribution in [0.3, 0.4) is 0 Å². The van der Waals surface area contributed by atoms with Crippen LogP contribution >= 0.6 is 0 Å². The Bertz CT molecular complexity index is 355. The van der Waals surface area contributed by atoms with Crippen molar-refractivity contribution in [1.29, 1.82) is 0 Å². The minimum absolute atomic E-state index is 0.0488. The zero-order valence-corrected chi connectivity index (χ0v) is 9.07. The van der Waals surface area contributed by atoms with Crippen molar-refractivity contribution >= 4 is 5.91 Å². The first-order valence-electron chi connectivity index (χ1n) is 5.54. The number of rotatable bonds is 2. The molecule has 0 spiro atoms. The zero-order valence-electron chi connectivity index (χ0n) is 9.07. The number of amides is 1. The molecular formula is C13H17NO. The summed E-state index contributed by atoms with van der Waals surface area (Å²) in [7, 11) is 0. The van der Waals surface area contributed by atoms with E-state index in [0.717, 1.165) is 19.3 Å². The third-order valence-corrected chi connectivity index (χ3v) is 3.39. The fourth-order valence-electron chi connectivity index (χ4n) is 2.51. The number of nitrogens with two attached hydrogens (primary N) is 1. The topological polar surface area (TPSA) is 43.1 Å². The largest absolute Gasteiger partial charge is 0.369 e. The Labute approximate surface area is 90.5 Å². The molecule has 2 rings (SSSR count). The fourth-order valence-corrected chi connectivity index (χ4v) is 2.51. The summed E-state index contributed by atoms with van der Waals surface area (Å²) in [6.07, 6.45) is 3.16. The van der Waals surface area contributed by atoms with Gasteiger partial charge in [-0.3, -0.25) is 4.79 Å². The predicted octanol–water partition coefficient (Wildman–Crippen LogP) is 2.36. The average molecular weight is 203 g/mol. The molecule has 1 aromatic rings. The molecule has 0 saturated heterocycles. The molecule has 2 heteroatoms. The summed E-state index contributed by atoms with van der Waals surface area (Å²) in [5.41, 5.74) is 7.94. The Balaban J connectivity index is 2.22. The Morgan fingerprint density at radius 3 is 2.53 bits per heavy atom. The highest BCUT2D eigenvalue weighted by Crippen LogP contribution is 2.39. The minimum Gasteiger partial charge on any atom is -0.369 e. The highest BCUT2D eigenvalue weighted by Gasteiger charge is 2.32. The molecule has 0 aromatic heterocycles. The van der Waals surface area contributed by atoms with Crippen LogP contribution in [0.4, 0.5) is 0 Å². The Morgan fingerprint density at radius 2 is 1.93 bits per heavy atom. The molecular weight excluding hydrogens is 186 g/mol. The van der Waals surface area contributed by atoms with E-state index >= 15 is 0 Å². The molecule has 1 fully saturated rings. The van der Waals surface area contributed by atoms with Crippen molar-refractivity contribution in [2.45, 2.75) is 32.1 Å². The van der Waals surface area contributed by atoms with Gasteiger partial charge in [-0.05, 0) is 31.2 Å². The van der Waals surface area contributed by atoms with Crippen LogP contribution < -0.4 is 5.73 Å². The first-order chi connectivity index (χ1) is 7.18. The van der Waals surface area contributed by atoms with Gasteiger partial charge in [-0.1, -0.05) is 36.2 Å². The minimum atomic E-state index is -0.141. The first kappa shape index (κ1) is 10.2. The molecule has 0 bridgehead atoms. The van der Waals surface area contributed by atoms with Gasteiger partial charge in [0.25, 0.3) is 0 Å². The molecule has 15 heavy (non-hydrogen) atoms. The normalized spacial score (nSPS) is 25.4. The van der Waals surface area contributed by atoms with Gasteiger partial charge in [-0.25, -0.2) is 0 Å². The highest BCUT2D eigenvalue weighted by molar-refractivity contribution is 5.78. The van der Waals surface area contributed by atoms with Gasteiger partial charge in [0.15, 0.2) is 0 Å². The summed E-state index contributed by atoms with van der Waals surface area (Å²) < 4.78 is 0. The summed E-state index contributed by atoms with van der Waals surface area (Å²) >= 11 is 0. The van der Waals surface area contributed by atoms with Gasteiger partial charge in [-0.15, -0.1) is 0 Å². The molecule has 0 aliphatic heterocycles. The molecule has 2 unspecified atom stereocenters. The van der Waals surface area contributed by atoms with Gasteiger partial charge >= 0.3 is 0 Å². The van der Waals surface area contributed by atoms with Crippen molar-refractivity contribution < 1.29 is 4.79 Å². The Hall–Kier alpha value is -1.31. The van der Waals surface area contributed by atoms with E-state index in [9.17, 15) is 4.79 Å². The molecule has 1 saturated carbocycles. The zero-order chi connectivity index (χ0) is 10.8. The molecule has 1 aliphatic rings. The summed E-state index contributed by atoms with van der Waals surface area (Å²) in [6.45, 7) is 2.07. The van der Waals surface area contributed by atoms with Gasteiger partial charge in [0.1, 0.15) is 0 Å². The van der Waals surface area contributed by atoms with Crippen LogP contribution in [0, 0.1) is 12.8 Å². The molecule has 1 aliphatic carbocycles. The lowest BCUT2D eigenvalue weighted by atomic mass is 9.88. The summed E-state index contributed by atoms with van der Waals surface area (Å²) in [5.74, 6) is 0.258. The number of carbonyl (C=O) groups excluding carboxylic acids is 1. The van der Waals surface area contributed by atoms with Gasteiger partial charge in [-0.2, -0.15) is 0 Å². The molecule has 1 amide bonds. The predicted molar refractivity (Wildman–Crippen MR) is 60.5 cm³/mol. The maximum atomic E-state index is 11.3. The van der Waals surface area contributed by atoms with Gasteiger partial charge in [0.05, 0.1) is 0 Å². The van der Waals surface area contributed by atoms with Gasteiger partial charge < -0.3 is 5.73 Å². The standard InChI is InChI=1S/C13H17NO/c1-9-5-7-10(8-6-9)11-3-2-4-12(11)13(14)15/h5-8,11-12H,2-4H2,1H3,(H2,14,15). The van der Waals surface area contributed by atoms with Crippen LogP contribution in [0.15, 0.2) is 24.3 Å². The van der Waals surface area contributed by atoms with Crippen molar-refractivity contribution in [2.75, 3.05) is 0 Å². The van der Waals surface area contributed by atoms with E-state index in [0.29, 0.717) is 5.92 Å². The molecule has 0 radical (unpaired) electrons. The molecule has 2 N–H and O–H groups in total. The van der Waals surface area contributed by atoms with Crippen LogP contribution in [0.1, 0.15) is 36.3 Å². The van der Waals surface area contributed by atoms with E-state index in [2.05, 4.69) is 31.2 Å². The second kappa shape index (κ2) is 4.05. The van der Waals surface area contributed by atoms with Crippen LogP contribution in [-0.2, 0) is 4.79 Å². The Kier molecular flexibility index (Phi) is 2.76. The van der Waals surface area contributed by atoms with E-state index in [4.69, 9.17) is 5.73 Å². The first-order valence-corrected chi connectivity index (χ1v) is 5.54. The third-order valence-electron chi connectivity index (χ3n) is 3.39. The van der Waals surface area contributed by atoms with E-state index in [-0.39, 0.29) is 11.8 Å². The van der Waals surface area contributed by atoms with Crippen molar-refractivity contribution in [3.63, 3.8) is 0 Å². The van der Waals surface area contributed by atoms with Gasteiger partial charge in [0, 0.05) is 5.92 Å². The lowest BCUT2D eigenvalue weighted by Gasteiger charge is -2.16.